The van der Waals surface area contributed by atoms with E-state index in [4.69, 9.17) is 5.73 Å². The van der Waals surface area contributed by atoms with Crippen molar-refractivity contribution in [3.8, 4) is 0 Å². The van der Waals surface area contributed by atoms with Crippen molar-refractivity contribution in [1.82, 2.24) is 5.32 Å². The van der Waals surface area contributed by atoms with Crippen LogP contribution in [0.1, 0.15) is 31.6 Å². The van der Waals surface area contributed by atoms with Crippen molar-refractivity contribution in [3.63, 3.8) is 0 Å². The minimum absolute atomic E-state index is 0.0197. The number of nitrogens with one attached hydrogen (secondary N) is 1. The Hall–Kier alpha value is -0.880. The van der Waals surface area contributed by atoms with Crippen LogP contribution < -0.4 is 11.1 Å². The van der Waals surface area contributed by atoms with Crippen LogP contribution >= 0.6 is 27.3 Å². The minimum Gasteiger partial charge on any atom is -0.368 e. The Balaban J connectivity index is 2.73. The van der Waals surface area contributed by atoms with Crippen molar-refractivity contribution >= 4 is 39.1 Å². The second kappa shape index (κ2) is 6.33. The highest BCUT2D eigenvalue weighted by Gasteiger charge is 2.25. The number of nitrogens with two attached hydrogens (primary N) is 1. The zero-order chi connectivity index (χ0) is 13.9. The molecule has 0 spiro atoms. The maximum absolute atomic E-state index is 12.0. The highest BCUT2D eigenvalue weighted by atomic mass is 79.9. The SMILES string of the molecule is CC(C)[C@H](NC(=O)[C@@H](C)c1ccc(Br)s1)C(N)=O. The summed E-state index contributed by atoms with van der Waals surface area (Å²) in [5.74, 6) is -0.990. The molecule has 1 heterocycles. The topological polar surface area (TPSA) is 72.2 Å². The van der Waals surface area contributed by atoms with Gasteiger partial charge in [0, 0.05) is 4.88 Å². The van der Waals surface area contributed by atoms with Gasteiger partial charge in [-0.2, -0.15) is 0 Å². The number of halogens is 1. The molecule has 2 amide bonds. The van der Waals surface area contributed by atoms with Gasteiger partial charge < -0.3 is 11.1 Å². The van der Waals surface area contributed by atoms with Crippen LogP contribution in [0.4, 0.5) is 0 Å². The average Bonchev–Trinajstić information content (AvgIpc) is 2.70. The van der Waals surface area contributed by atoms with E-state index < -0.39 is 11.9 Å². The molecule has 0 aromatic carbocycles. The maximum atomic E-state index is 12.0. The van der Waals surface area contributed by atoms with Crippen LogP contribution in [0.25, 0.3) is 0 Å². The van der Waals surface area contributed by atoms with E-state index in [0.29, 0.717) is 0 Å². The monoisotopic (exact) mass is 332 g/mol. The molecule has 0 saturated heterocycles. The van der Waals surface area contributed by atoms with Gasteiger partial charge in [0.05, 0.1) is 9.70 Å². The lowest BCUT2D eigenvalue weighted by atomic mass is 10.0. The summed E-state index contributed by atoms with van der Waals surface area (Å²) in [6.07, 6.45) is 0. The molecule has 0 aliphatic rings. The van der Waals surface area contributed by atoms with Crippen LogP contribution in [0.2, 0.25) is 0 Å². The van der Waals surface area contributed by atoms with Gasteiger partial charge in [0.15, 0.2) is 0 Å². The Morgan fingerprint density at radius 1 is 1.33 bits per heavy atom. The van der Waals surface area contributed by atoms with Gasteiger partial charge in [0.1, 0.15) is 6.04 Å². The summed E-state index contributed by atoms with van der Waals surface area (Å²) in [7, 11) is 0. The standard InChI is InChI=1S/C12H17BrN2O2S/c1-6(2)10(11(14)16)15-12(17)7(3)8-4-5-9(13)18-8/h4-7,10H,1-3H3,(H2,14,16)(H,15,17)/t7-,10-/m0/s1. The van der Waals surface area contributed by atoms with Gasteiger partial charge in [0.25, 0.3) is 0 Å². The van der Waals surface area contributed by atoms with Gasteiger partial charge in [-0.15, -0.1) is 11.3 Å². The molecule has 18 heavy (non-hydrogen) atoms. The van der Waals surface area contributed by atoms with Gasteiger partial charge in [-0.1, -0.05) is 13.8 Å². The van der Waals surface area contributed by atoms with Crippen LogP contribution in [0, 0.1) is 5.92 Å². The van der Waals surface area contributed by atoms with Gasteiger partial charge in [-0.05, 0) is 40.9 Å². The Labute approximate surface area is 119 Å². The number of hydrogen-bond donors (Lipinski definition) is 2. The predicted octanol–water partition coefficient (Wildman–Crippen LogP) is 2.24. The third kappa shape index (κ3) is 3.81. The molecule has 0 aliphatic carbocycles. The highest BCUT2D eigenvalue weighted by molar-refractivity contribution is 9.11. The molecule has 0 aliphatic heterocycles. The second-order valence-electron chi connectivity index (χ2n) is 4.50. The second-order valence-corrected chi connectivity index (χ2v) is 6.99. The third-order valence-corrected chi connectivity index (χ3v) is 4.49. The van der Waals surface area contributed by atoms with Crippen LogP contribution in [-0.4, -0.2) is 17.9 Å². The summed E-state index contributed by atoms with van der Waals surface area (Å²) >= 11 is 4.87. The Morgan fingerprint density at radius 2 is 1.94 bits per heavy atom. The largest absolute Gasteiger partial charge is 0.368 e. The molecule has 4 nitrogen and oxygen atoms in total. The molecule has 6 heteroatoms. The molecule has 1 aromatic heterocycles. The van der Waals surface area contributed by atoms with E-state index in [1.54, 1.807) is 0 Å². The molecule has 1 aromatic rings. The van der Waals surface area contributed by atoms with Crippen molar-refractivity contribution in [1.29, 1.82) is 0 Å². The molecule has 100 valence electrons. The van der Waals surface area contributed by atoms with E-state index in [0.717, 1.165) is 8.66 Å². The van der Waals surface area contributed by atoms with E-state index in [2.05, 4.69) is 21.2 Å². The number of thiophene rings is 1. The fraction of sp³-hybridized carbons (Fsp3) is 0.500. The lowest BCUT2D eigenvalue weighted by molar-refractivity contribution is -0.128. The summed E-state index contributed by atoms with van der Waals surface area (Å²) < 4.78 is 0.979. The Morgan fingerprint density at radius 3 is 2.33 bits per heavy atom. The van der Waals surface area contributed by atoms with Gasteiger partial charge in [-0.3, -0.25) is 9.59 Å². The first-order valence-corrected chi connectivity index (χ1v) is 7.28. The van der Waals surface area contributed by atoms with E-state index in [-0.39, 0.29) is 17.7 Å². The Kier molecular flexibility index (Phi) is 5.34. The molecule has 3 N–H and O–H groups in total. The maximum Gasteiger partial charge on any atom is 0.240 e. The molecule has 0 bridgehead atoms. The number of amides is 2. The first kappa shape index (κ1) is 15.2. The lowest BCUT2D eigenvalue weighted by Gasteiger charge is -2.20. The first-order chi connectivity index (χ1) is 8.32. The third-order valence-electron chi connectivity index (χ3n) is 2.69. The molecule has 0 fully saturated rings. The van der Waals surface area contributed by atoms with E-state index in [9.17, 15) is 9.59 Å². The zero-order valence-corrected chi connectivity index (χ0v) is 13.0. The zero-order valence-electron chi connectivity index (χ0n) is 10.6. The molecule has 0 saturated carbocycles. The molecule has 2 atom stereocenters. The van der Waals surface area contributed by atoms with Gasteiger partial charge >= 0.3 is 0 Å². The number of hydrogen-bond acceptors (Lipinski definition) is 3. The summed E-state index contributed by atoms with van der Waals surface area (Å²) in [4.78, 5) is 24.2. The van der Waals surface area contributed by atoms with Crippen molar-refractivity contribution in [2.24, 2.45) is 11.7 Å². The molecular weight excluding hydrogens is 316 g/mol. The van der Waals surface area contributed by atoms with E-state index >= 15 is 0 Å². The van der Waals surface area contributed by atoms with Crippen molar-refractivity contribution in [3.05, 3.63) is 20.8 Å². The minimum atomic E-state index is -0.622. The summed E-state index contributed by atoms with van der Waals surface area (Å²) in [6, 6.07) is 3.18. The normalized spacial score (nSPS) is 14.3. The lowest BCUT2D eigenvalue weighted by Crippen LogP contribution is -2.48. The Bertz CT molecular complexity index is 445. The molecule has 0 radical (unpaired) electrons. The van der Waals surface area contributed by atoms with Crippen molar-refractivity contribution in [2.75, 3.05) is 0 Å². The van der Waals surface area contributed by atoms with Crippen LogP contribution in [0.3, 0.4) is 0 Å². The molecule has 1 rings (SSSR count). The molecule has 0 unspecified atom stereocenters. The fourth-order valence-corrected chi connectivity index (χ4v) is 3.01. The fourth-order valence-electron chi connectivity index (χ4n) is 1.53. The van der Waals surface area contributed by atoms with Crippen LogP contribution in [-0.2, 0) is 9.59 Å². The summed E-state index contributed by atoms with van der Waals surface area (Å²) in [5, 5.41) is 2.70. The average molecular weight is 333 g/mol. The number of rotatable bonds is 5. The van der Waals surface area contributed by atoms with Crippen LogP contribution in [0.15, 0.2) is 15.9 Å². The smallest absolute Gasteiger partial charge is 0.240 e. The highest BCUT2D eigenvalue weighted by Crippen LogP contribution is 2.28. The van der Waals surface area contributed by atoms with Gasteiger partial charge in [-0.25, -0.2) is 0 Å². The van der Waals surface area contributed by atoms with Crippen molar-refractivity contribution in [2.45, 2.75) is 32.7 Å². The van der Waals surface area contributed by atoms with Crippen molar-refractivity contribution < 1.29 is 9.59 Å². The predicted molar refractivity (Wildman–Crippen MR) is 76.4 cm³/mol. The number of primary amides is 1. The summed E-state index contributed by atoms with van der Waals surface area (Å²) in [6.45, 7) is 5.51. The first-order valence-electron chi connectivity index (χ1n) is 5.67. The van der Waals surface area contributed by atoms with Gasteiger partial charge in [0.2, 0.25) is 11.8 Å². The van der Waals surface area contributed by atoms with E-state index in [1.165, 1.54) is 11.3 Å². The number of carbonyl (C=O) groups excluding carboxylic acids is 2. The molecular formula is C12H17BrN2O2S. The summed E-state index contributed by atoms with van der Waals surface area (Å²) in [5.41, 5.74) is 5.27. The van der Waals surface area contributed by atoms with Crippen LogP contribution in [0.5, 0.6) is 0 Å². The van der Waals surface area contributed by atoms with E-state index in [1.807, 2.05) is 32.9 Å². The number of carbonyl (C=O) groups is 2. The quantitative estimate of drug-likeness (QED) is 0.867.